The number of carboxylic acids is 1. The molecular weight excluding hydrogens is 380 g/mol. The van der Waals surface area contributed by atoms with Gasteiger partial charge in [0.15, 0.2) is 0 Å². The topological polar surface area (TPSA) is 92.9 Å². The van der Waals surface area contributed by atoms with E-state index >= 15 is 0 Å². The zero-order chi connectivity index (χ0) is 21.8. The van der Waals surface area contributed by atoms with Gasteiger partial charge >= 0.3 is 5.97 Å². The zero-order valence-corrected chi connectivity index (χ0v) is 17.7. The molecule has 2 rings (SSSR count). The maximum absolute atomic E-state index is 13.0. The SMILES string of the molecule is CCCCCCN(C(=O)COCc1ccccc1)c1cc(CCN)ccc1C(=O)O. The van der Waals surface area contributed by atoms with E-state index in [1.54, 1.807) is 23.1 Å². The van der Waals surface area contributed by atoms with Crippen molar-refractivity contribution < 1.29 is 19.4 Å². The van der Waals surface area contributed by atoms with Gasteiger partial charge in [-0.25, -0.2) is 4.79 Å². The Bertz CT molecular complexity index is 808. The molecule has 0 radical (unpaired) electrons. The lowest BCUT2D eigenvalue weighted by molar-refractivity contribution is -0.123. The molecule has 0 atom stereocenters. The Labute approximate surface area is 178 Å². The number of aromatic carboxylic acids is 1. The van der Waals surface area contributed by atoms with E-state index in [9.17, 15) is 14.7 Å². The molecule has 2 aromatic rings. The number of hydrogen-bond acceptors (Lipinski definition) is 4. The minimum atomic E-state index is -1.05. The fourth-order valence-corrected chi connectivity index (χ4v) is 3.29. The molecule has 0 aromatic heterocycles. The van der Waals surface area contributed by atoms with Gasteiger partial charge in [0.2, 0.25) is 0 Å². The van der Waals surface area contributed by atoms with Gasteiger partial charge in [0.25, 0.3) is 5.91 Å². The second-order valence-corrected chi connectivity index (χ2v) is 7.28. The van der Waals surface area contributed by atoms with Crippen molar-refractivity contribution >= 4 is 17.6 Å². The summed E-state index contributed by atoms with van der Waals surface area (Å²) in [6.45, 7) is 3.26. The standard InChI is InChI=1S/C24H32N2O4/c1-2-3-4-8-15-26(23(27)18-30-17-20-9-6-5-7-10-20)22-16-19(13-14-25)11-12-21(22)24(28)29/h5-7,9-12,16H,2-4,8,13-15,17-18,25H2,1H3,(H,28,29). The number of carboxylic acid groups (broad SMARTS) is 1. The Kier molecular flexibility index (Phi) is 10.0. The number of unbranched alkanes of at least 4 members (excludes halogenated alkanes) is 3. The van der Waals surface area contributed by atoms with Gasteiger partial charge in [-0.05, 0) is 42.6 Å². The summed E-state index contributed by atoms with van der Waals surface area (Å²) in [5.41, 5.74) is 8.08. The highest BCUT2D eigenvalue weighted by Gasteiger charge is 2.22. The summed E-state index contributed by atoms with van der Waals surface area (Å²) in [5, 5.41) is 9.66. The molecule has 0 spiro atoms. The number of anilines is 1. The van der Waals surface area contributed by atoms with Gasteiger partial charge in [0.05, 0.1) is 17.9 Å². The summed E-state index contributed by atoms with van der Waals surface area (Å²) in [6, 6.07) is 14.7. The second kappa shape index (κ2) is 12.8. The van der Waals surface area contributed by atoms with Crippen LogP contribution in [0.15, 0.2) is 48.5 Å². The van der Waals surface area contributed by atoms with E-state index in [1.165, 1.54) is 0 Å². The quantitative estimate of drug-likeness (QED) is 0.485. The fourth-order valence-electron chi connectivity index (χ4n) is 3.29. The van der Waals surface area contributed by atoms with Gasteiger partial charge < -0.3 is 20.5 Å². The third-order valence-corrected chi connectivity index (χ3v) is 4.89. The van der Waals surface area contributed by atoms with Gasteiger partial charge in [-0.15, -0.1) is 0 Å². The molecule has 162 valence electrons. The predicted octanol–water partition coefficient (Wildman–Crippen LogP) is 4.02. The van der Waals surface area contributed by atoms with Crippen LogP contribution in [0.4, 0.5) is 5.69 Å². The van der Waals surface area contributed by atoms with Crippen molar-refractivity contribution in [2.75, 3.05) is 24.6 Å². The normalized spacial score (nSPS) is 10.7. The number of carbonyl (C=O) groups is 2. The van der Waals surface area contributed by atoms with Crippen LogP contribution in [0.25, 0.3) is 0 Å². The number of benzene rings is 2. The molecule has 0 unspecified atom stereocenters. The smallest absolute Gasteiger partial charge is 0.337 e. The molecular formula is C24H32N2O4. The van der Waals surface area contributed by atoms with Crippen LogP contribution in [0, 0.1) is 0 Å². The number of rotatable bonds is 13. The predicted molar refractivity (Wildman–Crippen MR) is 119 cm³/mol. The summed E-state index contributed by atoms with van der Waals surface area (Å²) >= 11 is 0. The molecule has 0 aliphatic heterocycles. The molecule has 0 aliphatic rings. The lowest BCUT2D eigenvalue weighted by Gasteiger charge is -2.25. The molecule has 6 nitrogen and oxygen atoms in total. The molecule has 2 aromatic carbocycles. The van der Waals surface area contributed by atoms with Gasteiger partial charge in [0.1, 0.15) is 6.61 Å². The lowest BCUT2D eigenvalue weighted by Crippen LogP contribution is -2.36. The molecule has 0 saturated carbocycles. The van der Waals surface area contributed by atoms with Gasteiger partial charge in [0, 0.05) is 6.54 Å². The van der Waals surface area contributed by atoms with Crippen LogP contribution < -0.4 is 10.6 Å². The summed E-state index contributed by atoms with van der Waals surface area (Å²) < 4.78 is 5.63. The Morgan fingerprint density at radius 3 is 2.47 bits per heavy atom. The number of hydrogen-bond donors (Lipinski definition) is 2. The molecule has 0 fully saturated rings. The van der Waals surface area contributed by atoms with Crippen LogP contribution in [0.5, 0.6) is 0 Å². The first-order valence-electron chi connectivity index (χ1n) is 10.5. The molecule has 1 amide bonds. The number of nitrogens with zero attached hydrogens (tertiary/aromatic N) is 1. The number of nitrogens with two attached hydrogens (primary N) is 1. The average Bonchev–Trinajstić information content (AvgIpc) is 2.74. The van der Waals surface area contributed by atoms with Crippen molar-refractivity contribution in [3.8, 4) is 0 Å². The Morgan fingerprint density at radius 1 is 1.03 bits per heavy atom. The summed E-state index contributed by atoms with van der Waals surface area (Å²) in [5.74, 6) is -1.30. The van der Waals surface area contributed by atoms with Crippen molar-refractivity contribution in [1.29, 1.82) is 0 Å². The molecule has 0 bridgehead atoms. The van der Waals surface area contributed by atoms with Crippen molar-refractivity contribution in [2.24, 2.45) is 5.73 Å². The van der Waals surface area contributed by atoms with Crippen LogP contribution in [-0.4, -0.2) is 36.7 Å². The fraction of sp³-hybridized carbons (Fsp3) is 0.417. The van der Waals surface area contributed by atoms with Gasteiger partial charge in [-0.2, -0.15) is 0 Å². The van der Waals surface area contributed by atoms with E-state index in [4.69, 9.17) is 10.5 Å². The molecule has 0 aliphatic carbocycles. The third-order valence-electron chi connectivity index (χ3n) is 4.89. The average molecular weight is 413 g/mol. The third kappa shape index (κ3) is 7.28. The van der Waals surface area contributed by atoms with Crippen LogP contribution in [-0.2, 0) is 22.6 Å². The summed E-state index contributed by atoms with van der Waals surface area (Å²) in [4.78, 5) is 26.4. The monoisotopic (exact) mass is 412 g/mol. The maximum Gasteiger partial charge on any atom is 0.337 e. The Morgan fingerprint density at radius 2 is 1.80 bits per heavy atom. The molecule has 6 heteroatoms. The minimum absolute atomic E-state index is 0.108. The number of amides is 1. The number of carbonyl (C=O) groups excluding carboxylic acids is 1. The van der Waals surface area contributed by atoms with E-state index in [0.717, 1.165) is 36.8 Å². The minimum Gasteiger partial charge on any atom is -0.478 e. The Hall–Kier alpha value is -2.70. The summed E-state index contributed by atoms with van der Waals surface area (Å²) in [7, 11) is 0. The maximum atomic E-state index is 13.0. The molecule has 30 heavy (non-hydrogen) atoms. The molecule has 3 N–H and O–H groups in total. The Balaban J connectivity index is 2.19. The van der Waals surface area contributed by atoms with Crippen LogP contribution in [0.3, 0.4) is 0 Å². The number of ether oxygens (including phenoxy) is 1. The highest BCUT2D eigenvalue weighted by Crippen LogP contribution is 2.24. The van der Waals surface area contributed by atoms with Crippen LogP contribution >= 0.6 is 0 Å². The second-order valence-electron chi connectivity index (χ2n) is 7.28. The van der Waals surface area contributed by atoms with Crippen molar-refractivity contribution in [3.05, 3.63) is 65.2 Å². The van der Waals surface area contributed by atoms with E-state index in [-0.39, 0.29) is 18.1 Å². The summed E-state index contributed by atoms with van der Waals surface area (Å²) in [6.07, 6.45) is 4.57. The zero-order valence-electron chi connectivity index (χ0n) is 17.7. The molecule has 0 heterocycles. The van der Waals surface area contributed by atoms with Crippen molar-refractivity contribution in [3.63, 3.8) is 0 Å². The lowest BCUT2D eigenvalue weighted by atomic mass is 10.0. The first-order valence-corrected chi connectivity index (χ1v) is 10.5. The van der Waals surface area contributed by atoms with Crippen LogP contribution in [0.1, 0.15) is 54.1 Å². The van der Waals surface area contributed by atoms with E-state index in [0.29, 0.717) is 31.8 Å². The molecule has 0 saturated heterocycles. The highest BCUT2D eigenvalue weighted by molar-refractivity contribution is 6.02. The van der Waals surface area contributed by atoms with E-state index < -0.39 is 5.97 Å². The van der Waals surface area contributed by atoms with E-state index in [2.05, 4.69) is 6.92 Å². The van der Waals surface area contributed by atoms with Crippen molar-refractivity contribution in [1.82, 2.24) is 0 Å². The largest absolute Gasteiger partial charge is 0.478 e. The van der Waals surface area contributed by atoms with Gasteiger partial charge in [-0.3, -0.25) is 4.79 Å². The van der Waals surface area contributed by atoms with Gasteiger partial charge in [-0.1, -0.05) is 62.6 Å². The van der Waals surface area contributed by atoms with Crippen molar-refractivity contribution in [2.45, 2.75) is 45.6 Å². The first-order chi connectivity index (χ1) is 14.6. The van der Waals surface area contributed by atoms with E-state index in [1.807, 2.05) is 30.3 Å². The first kappa shape index (κ1) is 23.6. The highest BCUT2D eigenvalue weighted by atomic mass is 16.5. The van der Waals surface area contributed by atoms with Crippen LogP contribution in [0.2, 0.25) is 0 Å².